The van der Waals surface area contributed by atoms with Crippen LogP contribution in [0.15, 0.2) is 36.4 Å². The molecule has 0 heterocycles. The van der Waals surface area contributed by atoms with Crippen molar-refractivity contribution in [2.24, 2.45) is 23.7 Å². The van der Waals surface area contributed by atoms with Crippen LogP contribution < -0.4 is 0 Å². The summed E-state index contributed by atoms with van der Waals surface area (Å²) in [5, 5.41) is 0. The van der Waals surface area contributed by atoms with Crippen LogP contribution in [0.1, 0.15) is 24.8 Å². The summed E-state index contributed by atoms with van der Waals surface area (Å²) in [6.45, 7) is 0.674. The zero-order valence-corrected chi connectivity index (χ0v) is 12.4. The van der Waals surface area contributed by atoms with E-state index in [-0.39, 0.29) is 5.60 Å². The molecule has 1 aromatic carbocycles. The molecule has 0 radical (unpaired) electrons. The second kappa shape index (κ2) is 4.89. The number of ether oxygens (including phenoxy) is 1. The van der Waals surface area contributed by atoms with Crippen molar-refractivity contribution in [1.29, 1.82) is 0 Å². The lowest BCUT2D eigenvalue weighted by atomic mass is 9.98. The Bertz CT molecular complexity index is 493. The van der Waals surface area contributed by atoms with Crippen LogP contribution in [0.3, 0.4) is 0 Å². The van der Waals surface area contributed by atoms with Crippen molar-refractivity contribution in [3.63, 3.8) is 0 Å². The lowest BCUT2D eigenvalue weighted by Crippen LogP contribution is -2.23. The van der Waals surface area contributed by atoms with Gasteiger partial charge in [-0.1, -0.05) is 42.5 Å². The van der Waals surface area contributed by atoms with Crippen LogP contribution in [0.4, 0.5) is 0 Å². The Kier molecular flexibility index (Phi) is 3.16. The third kappa shape index (κ3) is 1.87. The Balaban J connectivity index is 1.57. The normalized spacial score (nSPS) is 41.2. The summed E-state index contributed by atoms with van der Waals surface area (Å²) in [5.41, 5.74) is 1.27. The van der Waals surface area contributed by atoms with Crippen LogP contribution in [0.5, 0.6) is 0 Å². The van der Waals surface area contributed by atoms with E-state index < -0.39 is 0 Å². The molecule has 1 aromatic rings. The van der Waals surface area contributed by atoms with Crippen LogP contribution in [0, 0.1) is 23.7 Å². The lowest BCUT2D eigenvalue weighted by Gasteiger charge is -2.20. The Morgan fingerprint density at radius 3 is 2.50 bits per heavy atom. The molecule has 4 rings (SSSR count). The molecule has 20 heavy (non-hydrogen) atoms. The van der Waals surface area contributed by atoms with Gasteiger partial charge in [-0.15, -0.1) is 11.6 Å². The van der Waals surface area contributed by atoms with Gasteiger partial charge in [-0.25, -0.2) is 0 Å². The van der Waals surface area contributed by atoms with E-state index in [1.165, 1.54) is 24.8 Å². The van der Waals surface area contributed by atoms with E-state index in [0.29, 0.717) is 12.5 Å². The van der Waals surface area contributed by atoms with Crippen LogP contribution in [0.2, 0.25) is 0 Å². The fraction of sp³-hybridized carbons (Fsp3) is 0.556. The molecule has 1 nitrogen and oxygen atoms in total. The largest absolute Gasteiger partial charge is 0.369 e. The maximum Gasteiger partial charge on any atom is 0.0935 e. The molecule has 3 saturated carbocycles. The number of hydrogen-bond acceptors (Lipinski definition) is 1. The molecule has 3 fully saturated rings. The number of fused-ring (bicyclic) bond motifs is 5. The van der Waals surface area contributed by atoms with E-state index in [2.05, 4.69) is 42.5 Å². The van der Waals surface area contributed by atoms with Crippen LogP contribution in [0.25, 0.3) is 6.08 Å². The van der Waals surface area contributed by atoms with Crippen molar-refractivity contribution >= 4 is 17.7 Å². The third-order valence-electron chi connectivity index (χ3n) is 5.61. The van der Waals surface area contributed by atoms with Crippen molar-refractivity contribution in [3.05, 3.63) is 42.0 Å². The predicted octanol–water partition coefficient (Wildman–Crippen LogP) is 4.37. The molecule has 106 valence electrons. The van der Waals surface area contributed by atoms with E-state index in [1.54, 1.807) is 0 Å². The summed E-state index contributed by atoms with van der Waals surface area (Å²) in [6, 6.07) is 10.5. The smallest absolute Gasteiger partial charge is 0.0935 e. The highest BCUT2D eigenvalue weighted by Crippen LogP contribution is 2.73. The van der Waals surface area contributed by atoms with Gasteiger partial charge in [0.25, 0.3) is 0 Å². The van der Waals surface area contributed by atoms with Gasteiger partial charge < -0.3 is 4.74 Å². The first-order chi connectivity index (χ1) is 9.85. The number of rotatable bonds is 5. The van der Waals surface area contributed by atoms with Crippen molar-refractivity contribution in [1.82, 2.24) is 0 Å². The predicted molar refractivity (Wildman–Crippen MR) is 82.7 cm³/mol. The highest BCUT2D eigenvalue weighted by atomic mass is 35.5. The Labute approximate surface area is 126 Å². The topological polar surface area (TPSA) is 9.23 Å². The number of benzene rings is 1. The molecule has 0 amide bonds. The molecule has 0 aliphatic heterocycles. The Morgan fingerprint density at radius 2 is 1.85 bits per heavy atom. The zero-order chi connectivity index (χ0) is 13.6. The van der Waals surface area contributed by atoms with Gasteiger partial charge in [0.2, 0.25) is 0 Å². The van der Waals surface area contributed by atoms with Crippen molar-refractivity contribution in [3.8, 4) is 0 Å². The zero-order valence-electron chi connectivity index (χ0n) is 11.7. The summed E-state index contributed by atoms with van der Waals surface area (Å²) in [5.74, 6) is 3.94. The molecular weight excluding hydrogens is 268 g/mol. The first-order valence-electron chi connectivity index (χ1n) is 7.79. The van der Waals surface area contributed by atoms with Crippen molar-refractivity contribution < 1.29 is 4.74 Å². The van der Waals surface area contributed by atoms with Gasteiger partial charge in [-0.3, -0.25) is 0 Å². The molecule has 5 atom stereocenters. The molecule has 2 heteroatoms. The maximum atomic E-state index is 6.24. The molecule has 1 unspecified atom stereocenters. The number of hydrogen-bond donors (Lipinski definition) is 0. The fourth-order valence-electron chi connectivity index (χ4n) is 4.94. The molecule has 0 spiro atoms. The average molecular weight is 289 g/mol. The number of alkyl halides is 1. The van der Waals surface area contributed by atoms with E-state index in [0.717, 1.165) is 23.7 Å². The summed E-state index contributed by atoms with van der Waals surface area (Å²) in [4.78, 5) is 0. The van der Waals surface area contributed by atoms with Gasteiger partial charge in [0.05, 0.1) is 12.2 Å². The first-order valence-corrected chi connectivity index (χ1v) is 8.33. The second-order valence-electron chi connectivity index (χ2n) is 6.52. The monoisotopic (exact) mass is 288 g/mol. The summed E-state index contributed by atoms with van der Waals surface area (Å²) in [6.07, 6.45) is 8.86. The van der Waals surface area contributed by atoms with E-state index in [1.807, 2.05) is 0 Å². The third-order valence-corrected chi connectivity index (χ3v) is 5.77. The average Bonchev–Trinajstić information content (AvgIpc) is 2.82. The van der Waals surface area contributed by atoms with Crippen LogP contribution in [-0.4, -0.2) is 18.1 Å². The maximum absolute atomic E-state index is 6.24. The summed E-state index contributed by atoms with van der Waals surface area (Å²) in [7, 11) is 0. The highest BCUT2D eigenvalue weighted by Gasteiger charge is 2.74. The minimum absolute atomic E-state index is 0.00874. The van der Waals surface area contributed by atoms with Crippen LogP contribution in [-0.2, 0) is 4.74 Å². The van der Waals surface area contributed by atoms with E-state index in [4.69, 9.17) is 16.3 Å². The Hall–Kier alpha value is -0.790. The van der Waals surface area contributed by atoms with Gasteiger partial charge in [-0.2, -0.15) is 0 Å². The molecule has 3 aliphatic rings. The SMILES string of the molecule is ClCCOC1(/C=C/c2ccccc2)[C@@H]2[C@H]3CC[C@H](C3)[C@@H]21. The highest BCUT2D eigenvalue weighted by molar-refractivity contribution is 6.17. The minimum Gasteiger partial charge on any atom is -0.369 e. The van der Waals surface area contributed by atoms with Crippen LogP contribution >= 0.6 is 11.6 Å². The van der Waals surface area contributed by atoms with E-state index >= 15 is 0 Å². The van der Waals surface area contributed by atoms with Gasteiger partial charge >= 0.3 is 0 Å². The fourth-order valence-corrected chi connectivity index (χ4v) is 5.01. The first kappa shape index (κ1) is 12.9. The van der Waals surface area contributed by atoms with Gasteiger partial charge in [0, 0.05) is 17.7 Å². The molecule has 0 saturated heterocycles. The van der Waals surface area contributed by atoms with Gasteiger partial charge in [0.1, 0.15) is 0 Å². The standard InChI is InChI=1S/C18H21ClO/c19-10-11-20-18(9-8-13-4-2-1-3-5-13)16-14-6-7-15(12-14)17(16)18/h1-5,8-9,14-17H,6-7,10-12H2/b9-8+/t14-,15+,16+,17-,18?. The van der Waals surface area contributed by atoms with Crippen molar-refractivity contribution in [2.75, 3.05) is 12.5 Å². The van der Waals surface area contributed by atoms with E-state index in [9.17, 15) is 0 Å². The summed E-state index contributed by atoms with van der Waals surface area (Å²) >= 11 is 5.85. The molecule has 0 N–H and O–H groups in total. The minimum atomic E-state index is 0.00874. The number of halogens is 1. The molecular formula is C18H21ClO. The lowest BCUT2D eigenvalue weighted by molar-refractivity contribution is 0.0409. The van der Waals surface area contributed by atoms with Gasteiger partial charge in [0.15, 0.2) is 0 Å². The summed E-state index contributed by atoms with van der Waals surface area (Å²) < 4.78 is 6.24. The molecule has 0 aromatic heterocycles. The molecule has 2 bridgehead atoms. The molecule has 3 aliphatic carbocycles. The van der Waals surface area contributed by atoms with Gasteiger partial charge in [-0.05, 0) is 36.7 Å². The Morgan fingerprint density at radius 1 is 1.15 bits per heavy atom. The quantitative estimate of drug-likeness (QED) is 0.731. The second-order valence-corrected chi connectivity index (χ2v) is 6.90. The van der Waals surface area contributed by atoms with Crippen molar-refractivity contribution in [2.45, 2.75) is 24.9 Å².